The Kier molecular flexibility index (Phi) is 5.15. The first-order valence-corrected chi connectivity index (χ1v) is 6.47. The zero-order valence-electron chi connectivity index (χ0n) is 11.7. The van der Waals surface area contributed by atoms with Crippen molar-refractivity contribution in [2.24, 2.45) is 24.7 Å². The number of hydrogen-bond donors (Lipinski definition) is 2. The smallest absolute Gasteiger partial charge is 0.0624 e. The summed E-state index contributed by atoms with van der Waals surface area (Å²) >= 11 is 0. The lowest BCUT2D eigenvalue weighted by atomic mass is 9.88. The Morgan fingerprint density at radius 1 is 1.41 bits per heavy atom. The molecule has 0 radical (unpaired) electrons. The first kappa shape index (κ1) is 14.2. The predicted octanol–water partition coefficient (Wildman–Crippen LogP) is 1.65. The number of aryl methyl sites for hydroxylation is 2. The largest absolute Gasteiger partial charge is 0.272 e. The molecule has 0 spiro atoms. The molecule has 0 amide bonds. The lowest BCUT2D eigenvalue weighted by molar-refractivity contribution is 0.296. The molecule has 1 heterocycles. The second-order valence-electron chi connectivity index (χ2n) is 5.18. The summed E-state index contributed by atoms with van der Waals surface area (Å²) in [4.78, 5) is 0. The van der Waals surface area contributed by atoms with Crippen LogP contribution in [0, 0.1) is 11.8 Å². The molecule has 1 rings (SSSR count). The average Bonchev–Trinajstić information content (AvgIpc) is 2.65. The number of nitrogens with zero attached hydrogens (tertiary/aromatic N) is 2. The maximum absolute atomic E-state index is 5.67. The van der Waals surface area contributed by atoms with Gasteiger partial charge in [-0.2, -0.15) is 5.10 Å². The fourth-order valence-electron chi connectivity index (χ4n) is 2.02. The molecule has 0 aliphatic carbocycles. The fourth-order valence-corrected chi connectivity index (χ4v) is 2.02. The van der Waals surface area contributed by atoms with Gasteiger partial charge in [-0.15, -0.1) is 0 Å². The third kappa shape index (κ3) is 3.54. The van der Waals surface area contributed by atoms with Crippen LogP contribution in [0.15, 0.2) is 6.07 Å². The van der Waals surface area contributed by atoms with Crippen molar-refractivity contribution in [3.63, 3.8) is 0 Å². The molecule has 1 aromatic heterocycles. The zero-order chi connectivity index (χ0) is 13.0. The van der Waals surface area contributed by atoms with Crippen LogP contribution in [0.4, 0.5) is 0 Å². The minimum atomic E-state index is 0.301. The summed E-state index contributed by atoms with van der Waals surface area (Å²) in [6, 6.07) is 2.48. The van der Waals surface area contributed by atoms with Gasteiger partial charge in [0.05, 0.1) is 5.69 Å². The highest BCUT2D eigenvalue weighted by molar-refractivity contribution is 5.11. The standard InChI is InChI=1S/C13H26N4/c1-6-11-7-12(17(5)16-11)8-13(15-14)10(4)9(2)3/h7,9-10,13,15H,6,8,14H2,1-5H3. The van der Waals surface area contributed by atoms with Crippen LogP contribution < -0.4 is 11.3 Å². The van der Waals surface area contributed by atoms with E-state index in [0.29, 0.717) is 17.9 Å². The van der Waals surface area contributed by atoms with Crippen LogP contribution in [0.3, 0.4) is 0 Å². The number of nitrogens with two attached hydrogens (primary N) is 1. The van der Waals surface area contributed by atoms with Crippen molar-refractivity contribution in [3.05, 3.63) is 17.5 Å². The van der Waals surface area contributed by atoms with E-state index < -0.39 is 0 Å². The molecule has 0 saturated heterocycles. The molecule has 17 heavy (non-hydrogen) atoms. The van der Waals surface area contributed by atoms with Crippen LogP contribution in [-0.4, -0.2) is 15.8 Å². The van der Waals surface area contributed by atoms with Crippen molar-refractivity contribution in [2.45, 2.75) is 46.6 Å². The second kappa shape index (κ2) is 6.17. The Balaban J connectivity index is 2.76. The summed E-state index contributed by atoms with van der Waals surface area (Å²) < 4.78 is 1.97. The molecule has 0 aliphatic rings. The molecule has 4 nitrogen and oxygen atoms in total. The van der Waals surface area contributed by atoms with Gasteiger partial charge < -0.3 is 0 Å². The Hall–Kier alpha value is -0.870. The van der Waals surface area contributed by atoms with Gasteiger partial charge in [0, 0.05) is 25.2 Å². The van der Waals surface area contributed by atoms with Gasteiger partial charge in [-0.3, -0.25) is 16.0 Å². The van der Waals surface area contributed by atoms with E-state index in [1.807, 2.05) is 11.7 Å². The van der Waals surface area contributed by atoms with Crippen molar-refractivity contribution in [2.75, 3.05) is 0 Å². The molecule has 0 aromatic carbocycles. The summed E-state index contributed by atoms with van der Waals surface area (Å²) in [5.41, 5.74) is 5.34. The Morgan fingerprint density at radius 2 is 2.06 bits per heavy atom. The summed E-state index contributed by atoms with van der Waals surface area (Å²) in [6.45, 7) is 8.83. The average molecular weight is 238 g/mol. The number of aromatic nitrogens is 2. The van der Waals surface area contributed by atoms with Crippen molar-refractivity contribution in [1.82, 2.24) is 15.2 Å². The monoisotopic (exact) mass is 238 g/mol. The molecule has 98 valence electrons. The fraction of sp³-hybridized carbons (Fsp3) is 0.769. The van der Waals surface area contributed by atoms with Crippen LogP contribution in [0.25, 0.3) is 0 Å². The number of nitrogens with one attached hydrogen (secondary N) is 1. The number of hydrogen-bond acceptors (Lipinski definition) is 3. The first-order chi connectivity index (χ1) is 7.99. The predicted molar refractivity (Wildman–Crippen MR) is 71.4 cm³/mol. The molecule has 0 bridgehead atoms. The van der Waals surface area contributed by atoms with Gasteiger partial charge >= 0.3 is 0 Å². The van der Waals surface area contributed by atoms with E-state index in [1.54, 1.807) is 0 Å². The Bertz CT molecular complexity index is 343. The van der Waals surface area contributed by atoms with E-state index in [9.17, 15) is 0 Å². The van der Waals surface area contributed by atoms with Gasteiger partial charge in [0.25, 0.3) is 0 Å². The number of hydrazine groups is 1. The van der Waals surface area contributed by atoms with E-state index in [1.165, 1.54) is 5.69 Å². The molecule has 1 aromatic rings. The molecule has 3 N–H and O–H groups in total. The SMILES string of the molecule is CCc1cc(CC(NN)C(C)C(C)C)n(C)n1. The first-order valence-electron chi connectivity index (χ1n) is 6.47. The molecular weight excluding hydrogens is 212 g/mol. The molecule has 0 fully saturated rings. The van der Waals surface area contributed by atoms with Crippen LogP contribution in [0.1, 0.15) is 39.1 Å². The van der Waals surface area contributed by atoms with Crippen LogP contribution in [0.5, 0.6) is 0 Å². The van der Waals surface area contributed by atoms with E-state index in [2.05, 4.69) is 44.3 Å². The van der Waals surface area contributed by atoms with E-state index in [-0.39, 0.29) is 0 Å². The molecular formula is C13H26N4. The zero-order valence-corrected chi connectivity index (χ0v) is 11.7. The highest BCUT2D eigenvalue weighted by atomic mass is 15.3. The second-order valence-corrected chi connectivity index (χ2v) is 5.18. The summed E-state index contributed by atoms with van der Waals surface area (Å²) in [6.07, 6.45) is 1.91. The minimum absolute atomic E-state index is 0.301. The minimum Gasteiger partial charge on any atom is -0.272 e. The molecule has 4 heteroatoms. The van der Waals surface area contributed by atoms with Crippen LogP contribution in [0.2, 0.25) is 0 Å². The highest BCUT2D eigenvalue weighted by Crippen LogP contribution is 2.18. The Morgan fingerprint density at radius 3 is 2.47 bits per heavy atom. The lowest BCUT2D eigenvalue weighted by Crippen LogP contribution is -2.43. The molecule has 0 saturated carbocycles. The molecule has 0 aliphatic heterocycles. The van der Waals surface area contributed by atoms with Crippen LogP contribution in [-0.2, 0) is 19.9 Å². The van der Waals surface area contributed by atoms with Crippen molar-refractivity contribution < 1.29 is 0 Å². The van der Waals surface area contributed by atoms with Crippen molar-refractivity contribution >= 4 is 0 Å². The van der Waals surface area contributed by atoms with E-state index in [4.69, 9.17) is 5.84 Å². The summed E-state index contributed by atoms with van der Waals surface area (Å²) in [5, 5.41) is 4.47. The summed E-state index contributed by atoms with van der Waals surface area (Å²) in [7, 11) is 2.00. The van der Waals surface area contributed by atoms with Crippen molar-refractivity contribution in [3.8, 4) is 0 Å². The van der Waals surface area contributed by atoms with Crippen LogP contribution >= 0.6 is 0 Å². The van der Waals surface area contributed by atoms with Gasteiger partial charge in [-0.1, -0.05) is 27.7 Å². The van der Waals surface area contributed by atoms with E-state index >= 15 is 0 Å². The third-order valence-corrected chi connectivity index (χ3v) is 3.72. The van der Waals surface area contributed by atoms with Gasteiger partial charge in [0.2, 0.25) is 0 Å². The lowest BCUT2D eigenvalue weighted by Gasteiger charge is -2.26. The molecule has 2 atom stereocenters. The van der Waals surface area contributed by atoms with Gasteiger partial charge in [-0.25, -0.2) is 0 Å². The van der Waals surface area contributed by atoms with Gasteiger partial charge in [-0.05, 0) is 24.3 Å². The molecule has 2 unspecified atom stereocenters. The highest BCUT2D eigenvalue weighted by Gasteiger charge is 2.20. The quantitative estimate of drug-likeness (QED) is 0.585. The number of rotatable bonds is 6. The summed E-state index contributed by atoms with van der Waals surface area (Å²) in [5.74, 6) is 6.83. The third-order valence-electron chi connectivity index (χ3n) is 3.72. The normalized spacial score (nSPS) is 15.2. The Labute approximate surface area is 105 Å². The maximum Gasteiger partial charge on any atom is 0.0624 e. The van der Waals surface area contributed by atoms with Gasteiger partial charge in [0.1, 0.15) is 0 Å². The van der Waals surface area contributed by atoms with Crippen molar-refractivity contribution in [1.29, 1.82) is 0 Å². The topological polar surface area (TPSA) is 55.9 Å². The maximum atomic E-state index is 5.67. The van der Waals surface area contributed by atoms with E-state index in [0.717, 1.165) is 18.5 Å². The van der Waals surface area contributed by atoms with Gasteiger partial charge in [0.15, 0.2) is 0 Å².